The maximum Gasteiger partial charge on any atom is 0.220 e. The molecule has 0 radical (unpaired) electrons. The van der Waals surface area contributed by atoms with Crippen LogP contribution in [0.3, 0.4) is 0 Å². The van der Waals surface area contributed by atoms with Crippen LogP contribution in [0.25, 0.3) is 0 Å². The molecular formula is C16H18N2O2. The minimum atomic E-state index is 0.0907. The highest BCUT2D eigenvalue weighted by Crippen LogP contribution is 2.30. The third kappa shape index (κ3) is 2.90. The average Bonchev–Trinajstić information content (AvgIpc) is 2.96. The zero-order chi connectivity index (χ0) is 13.8. The normalized spacial score (nSPS) is 17.5. The predicted octanol–water partition coefficient (Wildman–Crippen LogP) is 2.80. The smallest absolute Gasteiger partial charge is 0.220 e. The zero-order valence-electron chi connectivity index (χ0n) is 11.3. The predicted molar refractivity (Wildman–Crippen MR) is 75.1 cm³/mol. The molecule has 0 saturated carbocycles. The Kier molecular flexibility index (Phi) is 3.81. The maximum absolute atomic E-state index is 12.1. The Balaban J connectivity index is 1.55. The molecule has 4 nitrogen and oxygen atoms in total. The van der Waals surface area contributed by atoms with Gasteiger partial charge in [-0.25, -0.2) is 0 Å². The van der Waals surface area contributed by atoms with E-state index in [4.69, 9.17) is 4.42 Å². The van der Waals surface area contributed by atoms with Crippen molar-refractivity contribution < 1.29 is 9.21 Å². The lowest BCUT2D eigenvalue weighted by molar-refractivity contribution is -0.121. The lowest BCUT2D eigenvalue weighted by Crippen LogP contribution is -2.30. The number of aryl methyl sites for hydroxylation is 2. The second kappa shape index (κ2) is 5.90. The van der Waals surface area contributed by atoms with E-state index in [1.165, 1.54) is 0 Å². The largest absolute Gasteiger partial charge is 0.469 e. The van der Waals surface area contributed by atoms with Gasteiger partial charge in [0, 0.05) is 30.8 Å². The molecule has 2 heterocycles. The van der Waals surface area contributed by atoms with Crippen molar-refractivity contribution in [1.29, 1.82) is 0 Å². The number of hydrogen-bond donors (Lipinski definition) is 1. The molecule has 0 spiro atoms. The lowest BCUT2D eigenvalue weighted by atomic mass is 9.93. The Bertz CT molecular complexity index is 577. The van der Waals surface area contributed by atoms with Crippen LogP contribution in [-0.4, -0.2) is 10.9 Å². The molecule has 20 heavy (non-hydrogen) atoms. The summed E-state index contributed by atoms with van der Waals surface area (Å²) in [5.74, 6) is 1.11. The third-order valence-corrected chi connectivity index (χ3v) is 3.75. The van der Waals surface area contributed by atoms with Crippen LogP contribution < -0.4 is 5.32 Å². The molecule has 1 unspecified atom stereocenters. The summed E-state index contributed by atoms with van der Waals surface area (Å²) >= 11 is 0. The number of carbonyl (C=O) groups excluding carboxylic acids is 1. The van der Waals surface area contributed by atoms with Crippen molar-refractivity contribution in [1.82, 2.24) is 10.3 Å². The lowest BCUT2D eigenvalue weighted by Gasteiger charge is -2.22. The van der Waals surface area contributed by atoms with Crippen molar-refractivity contribution in [3.63, 3.8) is 0 Å². The van der Waals surface area contributed by atoms with E-state index in [1.807, 2.05) is 24.4 Å². The van der Waals surface area contributed by atoms with E-state index in [0.29, 0.717) is 6.42 Å². The second-order valence-electron chi connectivity index (χ2n) is 5.17. The molecule has 0 aromatic carbocycles. The van der Waals surface area contributed by atoms with Crippen LogP contribution >= 0.6 is 0 Å². The van der Waals surface area contributed by atoms with Gasteiger partial charge < -0.3 is 9.73 Å². The number of fused-ring (bicyclic) bond motifs is 1. The highest BCUT2D eigenvalue weighted by atomic mass is 16.3. The van der Waals surface area contributed by atoms with Crippen molar-refractivity contribution in [3.05, 3.63) is 53.7 Å². The van der Waals surface area contributed by atoms with E-state index in [2.05, 4.69) is 10.3 Å². The number of aromatic nitrogens is 1. The van der Waals surface area contributed by atoms with Gasteiger partial charge in [0.15, 0.2) is 0 Å². The average molecular weight is 270 g/mol. The van der Waals surface area contributed by atoms with E-state index >= 15 is 0 Å². The Morgan fingerprint density at radius 1 is 1.45 bits per heavy atom. The third-order valence-electron chi connectivity index (χ3n) is 3.75. The molecule has 1 aliphatic carbocycles. The first-order valence-corrected chi connectivity index (χ1v) is 7.07. The summed E-state index contributed by atoms with van der Waals surface area (Å²) < 4.78 is 5.44. The summed E-state index contributed by atoms with van der Waals surface area (Å²) in [5, 5.41) is 3.11. The van der Waals surface area contributed by atoms with Crippen molar-refractivity contribution >= 4 is 5.91 Å². The molecule has 0 aliphatic heterocycles. The number of furan rings is 1. The molecule has 2 aromatic heterocycles. The quantitative estimate of drug-likeness (QED) is 0.929. The van der Waals surface area contributed by atoms with E-state index < -0.39 is 0 Å². The van der Waals surface area contributed by atoms with E-state index in [1.54, 1.807) is 12.5 Å². The number of pyridine rings is 1. The first-order valence-electron chi connectivity index (χ1n) is 7.07. The molecule has 2 aromatic rings. The molecule has 104 valence electrons. The summed E-state index contributed by atoms with van der Waals surface area (Å²) in [5.41, 5.74) is 2.24. The molecule has 1 atom stereocenters. The van der Waals surface area contributed by atoms with Crippen molar-refractivity contribution in [3.8, 4) is 0 Å². The van der Waals surface area contributed by atoms with Crippen LogP contribution in [0.4, 0.5) is 0 Å². The first-order chi connectivity index (χ1) is 9.83. The van der Waals surface area contributed by atoms with Crippen LogP contribution in [0.2, 0.25) is 0 Å². The van der Waals surface area contributed by atoms with Crippen molar-refractivity contribution in [2.45, 2.75) is 38.1 Å². The maximum atomic E-state index is 12.1. The molecule has 1 amide bonds. The molecule has 0 bridgehead atoms. The molecule has 1 aliphatic rings. The number of nitrogens with one attached hydrogen (secondary N) is 1. The summed E-state index contributed by atoms with van der Waals surface area (Å²) in [4.78, 5) is 16.1. The van der Waals surface area contributed by atoms with E-state index in [9.17, 15) is 4.79 Å². The van der Waals surface area contributed by atoms with Crippen molar-refractivity contribution in [2.24, 2.45) is 0 Å². The van der Waals surface area contributed by atoms with Gasteiger partial charge >= 0.3 is 0 Å². The summed E-state index contributed by atoms with van der Waals surface area (Å²) in [6.45, 7) is 0. The number of rotatable bonds is 4. The summed E-state index contributed by atoms with van der Waals surface area (Å²) in [6, 6.07) is 5.97. The fourth-order valence-electron chi connectivity index (χ4n) is 2.71. The van der Waals surface area contributed by atoms with Gasteiger partial charge in [-0.2, -0.15) is 0 Å². The fourth-order valence-corrected chi connectivity index (χ4v) is 2.71. The minimum Gasteiger partial charge on any atom is -0.469 e. The van der Waals surface area contributed by atoms with Gasteiger partial charge in [-0.1, -0.05) is 6.07 Å². The standard InChI is InChI=1S/C16H18N2O2/c19-16(7-6-12-3-2-9-17-11-12)18-14-4-1-5-15-13(14)8-10-20-15/h2-3,8-11,14H,1,4-7H2,(H,18,19). The summed E-state index contributed by atoms with van der Waals surface area (Å²) in [7, 11) is 0. The molecule has 0 saturated heterocycles. The highest BCUT2D eigenvalue weighted by molar-refractivity contribution is 5.76. The van der Waals surface area contributed by atoms with Crippen LogP contribution in [-0.2, 0) is 17.6 Å². The monoisotopic (exact) mass is 270 g/mol. The first kappa shape index (κ1) is 12.9. The van der Waals surface area contributed by atoms with Crippen LogP contribution in [0.15, 0.2) is 41.3 Å². The molecule has 4 heteroatoms. The molecule has 3 rings (SSSR count). The Morgan fingerprint density at radius 3 is 3.25 bits per heavy atom. The van der Waals surface area contributed by atoms with Crippen LogP contribution in [0, 0.1) is 0 Å². The van der Waals surface area contributed by atoms with Gasteiger partial charge in [0.2, 0.25) is 5.91 Å². The van der Waals surface area contributed by atoms with Gasteiger partial charge in [0.25, 0.3) is 0 Å². The van der Waals surface area contributed by atoms with Crippen LogP contribution in [0.1, 0.15) is 42.2 Å². The van der Waals surface area contributed by atoms with Gasteiger partial charge in [0.05, 0.1) is 12.3 Å². The fraction of sp³-hybridized carbons (Fsp3) is 0.375. The highest BCUT2D eigenvalue weighted by Gasteiger charge is 2.23. The van der Waals surface area contributed by atoms with Crippen molar-refractivity contribution in [2.75, 3.05) is 0 Å². The summed E-state index contributed by atoms with van der Waals surface area (Å²) in [6.07, 6.45) is 9.52. The molecule has 0 fully saturated rings. The second-order valence-corrected chi connectivity index (χ2v) is 5.17. The number of nitrogens with zero attached hydrogens (tertiary/aromatic N) is 1. The van der Waals surface area contributed by atoms with Gasteiger partial charge in [-0.15, -0.1) is 0 Å². The molecule has 1 N–H and O–H groups in total. The Labute approximate surface area is 118 Å². The topological polar surface area (TPSA) is 55.1 Å². The molecular weight excluding hydrogens is 252 g/mol. The van der Waals surface area contributed by atoms with E-state index in [-0.39, 0.29) is 11.9 Å². The Morgan fingerprint density at radius 2 is 2.40 bits per heavy atom. The van der Waals surface area contributed by atoms with Gasteiger partial charge in [-0.05, 0) is 37.0 Å². The van der Waals surface area contributed by atoms with E-state index in [0.717, 1.165) is 42.6 Å². The number of amides is 1. The van der Waals surface area contributed by atoms with Crippen LogP contribution in [0.5, 0.6) is 0 Å². The Hall–Kier alpha value is -2.10. The SMILES string of the molecule is O=C(CCc1cccnc1)NC1CCCc2occc21. The minimum absolute atomic E-state index is 0.0907. The zero-order valence-corrected chi connectivity index (χ0v) is 11.3. The number of carbonyl (C=O) groups is 1. The number of hydrogen-bond acceptors (Lipinski definition) is 3. The van der Waals surface area contributed by atoms with Gasteiger partial charge in [-0.3, -0.25) is 9.78 Å². The van der Waals surface area contributed by atoms with Gasteiger partial charge in [0.1, 0.15) is 5.76 Å².